The summed E-state index contributed by atoms with van der Waals surface area (Å²) in [5.74, 6) is 1.08. The Bertz CT molecular complexity index is 480. The molecule has 128 valence electrons. The summed E-state index contributed by atoms with van der Waals surface area (Å²) in [4.78, 5) is 6.82. The van der Waals surface area contributed by atoms with Gasteiger partial charge in [0.05, 0.1) is 13.2 Å². The second-order valence-corrected chi connectivity index (χ2v) is 6.13. The molecular formula is C18H30N4O. The first-order chi connectivity index (χ1) is 11.2. The molecule has 1 aliphatic rings. The molecule has 1 atom stereocenters. The number of rotatable bonds is 7. The fourth-order valence-electron chi connectivity index (χ4n) is 2.64. The van der Waals surface area contributed by atoms with E-state index in [0.717, 1.165) is 57.9 Å². The van der Waals surface area contributed by atoms with Gasteiger partial charge in [0, 0.05) is 31.9 Å². The second kappa shape index (κ2) is 9.53. The minimum absolute atomic E-state index is 0.489. The van der Waals surface area contributed by atoms with Crippen LogP contribution >= 0.6 is 0 Å². The molecule has 1 unspecified atom stereocenters. The van der Waals surface area contributed by atoms with Crippen LogP contribution in [0.2, 0.25) is 0 Å². The minimum Gasteiger partial charge on any atom is -0.379 e. The van der Waals surface area contributed by atoms with Gasteiger partial charge in [0.25, 0.3) is 0 Å². The first kappa shape index (κ1) is 17.8. The smallest absolute Gasteiger partial charge is 0.193 e. The highest BCUT2D eigenvalue weighted by atomic mass is 16.5. The fourth-order valence-corrected chi connectivity index (χ4v) is 2.64. The highest BCUT2D eigenvalue weighted by Crippen LogP contribution is 2.20. The van der Waals surface area contributed by atoms with Gasteiger partial charge in [-0.25, -0.2) is 0 Å². The molecule has 1 heterocycles. The Morgan fingerprint density at radius 2 is 2.00 bits per heavy atom. The van der Waals surface area contributed by atoms with Crippen molar-refractivity contribution in [2.45, 2.75) is 32.6 Å². The van der Waals surface area contributed by atoms with E-state index in [9.17, 15) is 0 Å². The number of guanidine groups is 1. The quantitative estimate of drug-likeness (QED) is 0.461. The van der Waals surface area contributed by atoms with Crippen LogP contribution in [0.3, 0.4) is 0 Å². The predicted octanol–water partition coefficient (Wildman–Crippen LogP) is 2.65. The van der Waals surface area contributed by atoms with Crippen molar-refractivity contribution < 1.29 is 4.74 Å². The fraction of sp³-hybridized carbons (Fsp3) is 0.611. The average Bonchev–Trinajstić information content (AvgIpc) is 2.59. The predicted molar refractivity (Wildman–Crippen MR) is 97.1 cm³/mol. The van der Waals surface area contributed by atoms with Crippen LogP contribution in [-0.2, 0) is 4.74 Å². The third-order valence-corrected chi connectivity index (χ3v) is 4.38. The Kier molecular flexibility index (Phi) is 7.36. The molecule has 1 aromatic carbocycles. The van der Waals surface area contributed by atoms with E-state index in [1.54, 1.807) is 0 Å². The molecule has 1 fully saturated rings. The number of aliphatic imine (C=N–C) groups is 1. The molecule has 0 spiro atoms. The largest absolute Gasteiger partial charge is 0.379 e. The maximum absolute atomic E-state index is 5.95. The summed E-state index contributed by atoms with van der Waals surface area (Å²) < 4.78 is 5.34. The summed E-state index contributed by atoms with van der Waals surface area (Å²) >= 11 is 0. The van der Waals surface area contributed by atoms with Crippen LogP contribution in [0.25, 0.3) is 0 Å². The van der Waals surface area contributed by atoms with Gasteiger partial charge in [0.1, 0.15) is 0 Å². The van der Waals surface area contributed by atoms with Crippen LogP contribution in [0.15, 0.2) is 29.3 Å². The van der Waals surface area contributed by atoms with E-state index in [0.29, 0.717) is 11.9 Å². The molecule has 0 bridgehead atoms. The molecule has 5 heteroatoms. The van der Waals surface area contributed by atoms with Crippen molar-refractivity contribution >= 4 is 11.6 Å². The van der Waals surface area contributed by atoms with Crippen molar-refractivity contribution in [1.29, 1.82) is 0 Å². The lowest BCUT2D eigenvalue weighted by Gasteiger charge is -2.26. The third-order valence-electron chi connectivity index (χ3n) is 4.38. The van der Waals surface area contributed by atoms with Gasteiger partial charge >= 0.3 is 0 Å². The summed E-state index contributed by atoms with van der Waals surface area (Å²) in [7, 11) is 0. The van der Waals surface area contributed by atoms with Crippen LogP contribution in [-0.4, -0.2) is 50.3 Å². The number of ether oxygens (including phenoxy) is 1. The zero-order valence-corrected chi connectivity index (χ0v) is 14.4. The summed E-state index contributed by atoms with van der Waals surface area (Å²) in [6, 6.07) is 8.44. The number of nitrogens with one attached hydrogen (secondary N) is 1. The lowest BCUT2D eigenvalue weighted by molar-refractivity contribution is 0.0377. The van der Waals surface area contributed by atoms with Crippen molar-refractivity contribution in [3.05, 3.63) is 29.8 Å². The minimum atomic E-state index is 0.489. The zero-order valence-electron chi connectivity index (χ0n) is 14.4. The molecular weight excluding hydrogens is 288 g/mol. The Hall–Kier alpha value is -1.59. The standard InChI is InChI=1S/C18H30N4O/c1-3-15(2)16-5-7-17(8-6-16)21-18(19)20-9-4-10-22-11-13-23-14-12-22/h5-8,15H,3-4,9-14H2,1-2H3,(H3,19,20,21). The zero-order chi connectivity index (χ0) is 16.5. The molecule has 0 aromatic heterocycles. The Morgan fingerprint density at radius 1 is 1.30 bits per heavy atom. The molecule has 0 saturated carbocycles. The molecule has 0 radical (unpaired) electrons. The first-order valence-corrected chi connectivity index (χ1v) is 8.66. The van der Waals surface area contributed by atoms with Crippen molar-refractivity contribution in [2.75, 3.05) is 44.7 Å². The van der Waals surface area contributed by atoms with Crippen LogP contribution in [0.5, 0.6) is 0 Å². The van der Waals surface area contributed by atoms with Crippen LogP contribution in [0.1, 0.15) is 38.2 Å². The van der Waals surface area contributed by atoms with Gasteiger partial charge in [0.2, 0.25) is 0 Å². The maximum atomic E-state index is 5.95. The third kappa shape index (κ3) is 6.20. The molecule has 23 heavy (non-hydrogen) atoms. The highest BCUT2D eigenvalue weighted by Gasteiger charge is 2.09. The Labute approximate surface area is 139 Å². The average molecular weight is 318 g/mol. The molecule has 0 aliphatic carbocycles. The summed E-state index contributed by atoms with van der Waals surface area (Å²) in [5, 5.41) is 3.16. The molecule has 5 nitrogen and oxygen atoms in total. The topological polar surface area (TPSA) is 62.9 Å². The van der Waals surface area contributed by atoms with Gasteiger partial charge in [-0.2, -0.15) is 0 Å². The SMILES string of the molecule is CCC(C)c1ccc(NC(N)=NCCCN2CCOCC2)cc1. The van der Waals surface area contributed by atoms with E-state index in [4.69, 9.17) is 10.5 Å². The lowest BCUT2D eigenvalue weighted by atomic mass is 9.99. The number of benzene rings is 1. The number of hydrogen-bond acceptors (Lipinski definition) is 3. The second-order valence-electron chi connectivity index (χ2n) is 6.13. The molecule has 1 saturated heterocycles. The lowest BCUT2D eigenvalue weighted by Crippen LogP contribution is -2.37. The molecule has 3 N–H and O–H groups in total. The van der Waals surface area contributed by atoms with Crippen LogP contribution in [0, 0.1) is 0 Å². The maximum Gasteiger partial charge on any atom is 0.193 e. The summed E-state index contributed by atoms with van der Waals surface area (Å²) in [5.41, 5.74) is 8.31. The van der Waals surface area contributed by atoms with Gasteiger partial charge < -0.3 is 15.8 Å². The van der Waals surface area contributed by atoms with Crippen molar-refractivity contribution in [3.8, 4) is 0 Å². The Balaban J connectivity index is 1.71. The van der Waals surface area contributed by atoms with E-state index in [1.165, 1.54) is 5.56 Å². The van der Waals surface area contributed by atoms with Crippen molar-refractivity contribution in [2.24, 2.45) is 10.7 Å². The first-order valence-electron chi connectivity index (χ1n) is 8.66. The van der Waals surface area contributed by atoms with Gasteiger partial charge in [-0.05, 0) is 36.5 Å². The van der Waals surface area contributed by atoms with E-state index >= 15 is 0 Å². The number of morpholine rings is 1. The highest BCUT2D eigenvalue weighted by molar-refractivity contribution is 5.92. The number of nitrogens with two attached hydrogens (primary N) is 1. The molecule has 2 rings (SSSR count). The van der Waals surface area contributed by atoms with Crippen molar-refractivity contribution in [1.82, 2.24) is 4.90 Å². The van der Waals surface area contributed by atoms with Crippen LogP contribution in [0.4, 0.5) is 5.69 Å². The van der Waals surface area contributed by atoms with E-state index in [2.05, 4.69) is 53.3 Å². The Morgan fingerprint density at radius 3 is 2.65 bits per heavy atom. The number of nitrogens with zero attached hydrogens (tertiary/aromatic N) is 2. The normalized spacial score (nSPS) is 17.9. The van der Waals surface area contributed by atoms with Crippen LogP contribution < -0.4 is 11.1 Å². The van der Waals surface area contributed by atoms with Crippen molar-refractivity contribution in [3.63, 3.8) is 0 Å². The molecule has 1 aliphatic heterocycles. The van der Waals surface area contributed by atoms with E-state index < -0.39 is 0 Å². The summed E-state index contributed by atoms with van der Waals surface area (Å²) in [6.45, 7) is 10.0. The monoisotopic (exact) mass is 318 g/mol. The van der Waals surface area contributed by atoms with E-state index in [-0.39, 0.29) is 0 Å². The molecule has 0 amide bonds. The number of hydrogen-bond donors (Lipinski definition) is 2. The number of anilines is 1. The van der Waals surface area contributed by atoms with E-state index in [1.807, 2.05) is 0 Å². The van der Waals surface area contributed by atoms with Gasteiger partial charge in [-0.1, -0.05) is 26.0 Å². The molecule has 1 aromatic rings. The summed E-state index contributed by atoms with van der Waals surface area (Å²) in [6.07, 6.45) is 2.18. The van der Waals surface area contributed by atoms with Gasteiger partial charge in [-0.3, -0.25) is 9.89 Å². The van der Waals surface area contributed by atoms with Gasteiger partial charge in [-0.15, -0.1) is 0 Å². The van der Waals surface area contributed by atoms with Gasteiger partial charge in [0.15, 0.2) is 5.96 Å².